The summed E-state index contributed by atoms with van der Waals surface area (Å²) in [5, 5.41) is 9.26. The maximum absolute atomic E-state index is 13.8. The average Bonchev–Trinajstić information content (AvgIpc) is 3.63. The maximum Gasteiger partial charge on any atom is 0.408 e. The van der Waals surface area contributed by atoms with E-state index in [0.717, 1.165) is 10.9 Å². The van der Waals surface area contributed by atoms with Crippen molar-refractivity contribution in [2.24, 2.45) is 0 Å². The molecule has 0 aliphatic carbocycles. The van der Waals surface area contributed by atoms with Crippen LogP contribution in [0.25, 0.3) is 22.3 Å². The first-order valence-electron chi connectivity index (χ1n) is 14.5. The van der Waals surface area contributed by atoms with Crippen LogP contribution < -0.4 is 16.0 Å². The van der Waals surface area contributed by atoms with Gasteiger partial charge < -0.3 is 30.0 Å². The van der Waals surface area contributed by atoms with Crippen molar-refractivity contribution in [2.45, 2.75) is 58.2 Å². The van der Waals surface area contributed by atoms with E-state index < -0.39 is 23.8 Å². The minimum absolute atomic E-state index is 0.149. The second kappa shape index (κ2) is 12.6. The number of likely N-dealkylation sites (tertiary alicyclic amines) is 1. The van der Waals surface area contributed by atoms with Crippen LogP contribution >= 0.6 is 0 Å². The Bertz CT molecular complexity index is 1670. The number of hydrogen-bond acceptors (Lipinski definition) is 6. The number of furan rings is 1. The highest BCUT2D eigenvalue weighted by Gasteiger charge is 2.38. The first-order chi connectivity index (χ1) is 21.0. The van der Waals surface area contributed by atoms with Crippen LogP contribution in [-0.4, -0.2) is 46.9 Å². The van der Waals surface area contributed by atoms with Gasteiger partial charge in [0.25, 0.3) is 5.91 Å². The number of amides is 4. The summed E-state index contributed by atoms with van der Waals surface area (Å²) in [5.74, 6) is -0.178. The van der Waals surface area contributed by atoms with E-state index in [-0.39, 0.29) is 17.7 Å². The second-order valence-electron chi connectivity index (χ2n) is 11.8. The molecule has 1 saturated heterocycles. The van der Waals surface area contributed by atoms with Crippen LogP contribution in [0.15, 0.2) is 83.3 Å². The molecule has 0 spiro atoms. The molecule has 0 radical (unpaired) electrons. The third kappa shape index (κ3) is 7.26. The Morgan fingerprint density at radius 3 is 2.30 bits per heavy atom. The zero-order chi connectivity index (χ0) is 31.4. The molecule has 0 bridgehead atoms. The van der Waals surface area contributed by atoms with E-state index in [9.17, 15) is 19.2 Å². The van der Waals surface area contributed by atoms with Crippen LogP contribution in [0.5, 0.6) is 0 Å². The van der Waals surface area contributed by atoms with Crippen molar-refractivity contribution in [3.8, 4) is 11.3 Å². The molecule has 44 heavy (non-hydrogen) atoms. The molecule has 1 fully saturated rings. The van der Waals surface area contributed by atoms with Crippen molar-refractivity contribution < 1.29 is 28.3 Å². The summed E-state index contributed by atoms with van der Waals surface area (Å²) in [6, 6.07) is 21.8. The monoisotopic (exact) mass is 596 g/mol. The van der Waals surface area contributed by atoms with Gasteiger partial charge in [-0.2, -0.15) is 0 Å². The Morgan fingerprint density at radius 1 is 0.909 bits per heavy atom. The van der Waals surface area contributed by atoms with E-state index in [1.165, 1.54) is 11.8 Å². The van der Waals surface area contributed by atoms with E-state index in [1.54, 1.807) is 69.3 Å². The first kappa shape index (κ1) is 30.3. The van der Waals surface area contributed by atoms with Gasteiger partial charge in [0.05, 0.1) is 0 Å². The van der Waals surface area contributed by atoms with Gasteiger partial charge in [-0.15, -0.1) is 0 Å². The molecule has 3 N–H and O–H groups in total. The molecule has 1 aliphatic heterocycles. The van der Waals surface area contributed by atoms with Gasteiger partial charge in [-0.1, -0.05) is 30.3 Å². The number of fused-ring (bicyclic) bond motifs is 1. The summed E-state index contributed by atoms with van der Waals surface area (Å²) < 4.78 is 11.4. The van der Waals surface area contributed by atoms with E-state index >= 15 is 0 Å². The normalized spacial score (nSPS) is 15.5. The lowest BCUT2D eigenvalue weighted by molar-refractivity contribution is -0.138. The van der Waals surface area contributed by atoms with Crippen molar-refractivity contribution in [1.82, 2.24) is 10.2 Å². The Hall–Kier alpha value is -5.12. The highest BCUT2D eigenvalue weighted by Crippen LogP contribution is 2.31. The summed E-state index contributed by atoms with van der Waals surface area (Å²) in [7, 11) is 0. The lowest BCUT2D eigenvalue weighted by atomic mass is 10.0. The number of benzene rings is 3. The average molecular weight is 597 g/mol. The lowest BCUT2D eigenvalue weighted by Crippen LogP contribution is -2.49. The molecule has 228 valence electrons. The predicted molar refractivity (Wildman–Crippen MR) is 168 cm³/mol. The highest BCUT2D eigenvalue weighted by molar-refractivity contribution is 5.99. The number of carbonyl (C=O) groups excluding carboxylic acids is 4. The smallest absolute Gasteiger partial charge is 0.408 e. The van der Waals surface area contributed by atoms with Gasteiger partial charge in [0.1, 0.15) is 29.0 Å². The van der Waals surface area contributed by atoms with Crippen LogP contribution in [0.4, 0.5) is 16.2 Å². The zero-order valence-electron chi connectivity index (χ0n) is 25.2. The van der Waals surface area contributed by atoms with Crippen molar-refractivity contribution in [3.63, 3.8) is 0 Å². The molecular formula is C34H36N4O6. The van der Waals surface area contributed by atoms with Gasteiger partial charge in [-0.3, -0.25) is 14.4 Å². The third-order valence-electron chi connectivity index (χ3n) is 7.15. The number of nitrogens with zero attached hydrogens (tertiary/aromatic N) is 1. The van der Waals surface area contributed by atoms with Gasteiger partial charge >= 0.3 is 6.09 Å². The van der Waals surface area contributed by atoms with Crippen LogP contribution in [0.1, 0.15) is 52.1 Å². The molecule has 0 saturated carbocycles. The number of ether oxygens (including phenoxy) is 1. The minimum atomic E-state index is -1.00. The summed E-state index contributed by atoms with van der Waals surface area (Å²) in [4.78, 5) is 52.8. The Kier molecular flexibility index (Phi) is 8.71. The molecule has 4 amide bonds. The van der Waals surface area contributed by atoms with Crippen LogP contribution in [0.2, 0.25) is 0 Å². The van der Waals surface area contributed by atoms with E-state index in [1.807, 2.05) is 30.3 Å². The quantitative estimate of drug-likeness (QED) is 0.231. The number of nitrogens with one attached hydrogen (secondary N) is 3. The molecule has 4 aromatic rings. The van der Waals surface area contributed by atoms with Gasteiger partial charge in [0.2, 0.25) is 11.8 Å². The largest absolute Gasteiger partial charge is 0.456 e. The molecule has 10 heteroatoms. The molecule has 2 atom stereocenters. The topological polar surface area (TPSA) is 130 Å². The van der Waals surface area contributed by atoms with Gasteiger partial charge in [0, 0.05) is 35.8 Å². The summed E-state index contributed by atoms with van der Waals surface area (Å²) in [6.45, 7) is 7.10. The lowest BCUT2D eigenvalue weighted by Gasteiger charge is -2.29. The molecule has 5 rings (SSSR count). The van der Waals surface area contributed by atoms with E-state index in [0.29, 0.717) is 47.7 Å². The Morgan fingerprint density at radius 2 is 1.61 bits per heavy atom. The van der Waals surface area contributed by atoms with Gasteiger partial charge in [-0.25, -0.2) is 4.79 Å². The molecule has 10 nitrogen and oxygen atoms in total. The summed E-state index contributed by atoms with van der Waals surface area (Å²) >= 11 is 0. The first-order valence-corrected chi connectivity index (χ1v) is 14.5. The molecule has 1 aliphatic rings. The third-order valence-corrected chi connectivity index (χ3v) is 7.15. The molecule has 1 aromatic heterocycles. The molecule has 2 heterocycles. The molecule has 0 unspecified atom stereocenters. The van der Waals surface area contributed by atoms with Gasteiger partial charge in [0.15, 0.2) is 0 Å². The van der Waals surface area contributed by atoms with E-state index in [2.05, 4.69) is 16.0 Å². The molecule has 3 aromatic carbocycles. The fourth-order valence-corrected chi connectivity index (χ4v) is 5.24. The number of hydrogen-bond donors (Lipinski definition) is 3. The summed E-state index contributed by atoms with van der Waals surface area (Å²) in [5.41, 5.74) is 2.63. The zero-order valence-corrected chi connectivity index (χ0v) is 25.2. The van der Waals surface area contributed by atoms with Crippen molar-refractivity contribution in [1.29, 1.82) is 0 Å². The fourth-order valence-electron chi connectivity index (χ4n) is 5.24. The number of alkyl carbamates (subject to hydrolysis) is 1. The minimum Gasteiger partial charge on any atom is -0.456 e. The van der Waals surface area contributed by atoms with Crippen LogP contribution in [0.3, 0.4) is 0 Å². The number of anilines is 2. The molecular weight excluding hydrogens is 560 g/mol. The van der Waals surface area contributed by atoms with Crippen molar-refractivity contribution in [2.75, 3.05) is 17.2 Å². The van der Waals surface area contributed by atoms with Crippen molar-refractivity contribution in [3.05, 3.63) is 84.4 Å². The van der Waals surface area contributed by atoms with Gasteiger partial charge in [-0.05, 0) is 87.7 Å². The predicted octanol–water partition coefficient (Wildman–Crippen LogP) is 6.25. The summed E-state index contributed by atoms with van der Waals surface area (Å²) in [6.07, 6.45) is 0.452. The standard InChI is InChI=1S/C34H36N4O6/c1-21(39)35-26-16-17-28-24(19-26)20-29(43-28)22-12-14-25(15-13-22)36-31(40)27-11-8-18-38(27)32(41)30(23-9-6-5-7-10-23)37-33(42)44-34(2,3)4/h5-7,9-10,12-17,19-20,27,30H,8,11,18H2,1-4H3,(H,35,39)(H,36,40)(H,37,42)/t27-,30+/m0/s1. The van der Waals surface area contributed by atoms with Crippen LogP contribution in [0, 0.1) is 0 Å². The SMILES string of the molecule is CC(=O)Nc1ccc2oc(-c3ccc(NC(=O)[C@@H]4CCCN4C(=O)[C@H](NC(=O)OC(C)(C)C)c4ccccc4)cc3)cc2c1. The fraction of sp³-hybridized carbons (Fsp3) is 0.294. The Balaban J connectivity index is 1.28. The highest BCUT2D eigenvalue weighted by atomic mass is 16.6. The van der Waals surface area contributed by atoms with Crippen LogP contribution in [-0.2, 0) is 19.1 Å². The van der Waals surface area contributed by atoms with Crippen molar-refractivity contribution >= 4 is 46.2 Å². The number of carbonyl (C=O) groups is 4. The van der Waals surface area contributed by atoms with E-state index in [4.69, 9.17) is 9.15 Å². The maximum atomic E-state index is 13.8. The number of rotatable bonds is 7. The Labute approximate surface area is 255 Å². The second-order valence-corrected chi connectivity index (χ2v) is 11.8.